The van der Waals surface area contributed by atoms with Crippen molar-refractivity contribution < 1.29 is 9.53 Å². The second kappa shape index (κ2) is 7.46. The highest BCUT2D eigenvalue weighted by Crippen LogP contribution is 2.16. The highest BCUT2D eigenvalue weighted by molar-refractivity contribution is 5.80. The molecule has 0 heterocycles. The molecule has 0 aliphatic carbocycles. The van der Waals surface area contributed by atoms with E-state index in [-0.39, 0.29) is 17.5 Å². The fraction of sp³-hybridized carbons (Fsp3) is 0.588. The minimum Gasteiger partial charge on any atom is -0.481 e. The molecule has 118 valence electrons. The summed E-state index contributed by atoms with van der Waals surface area (Å²) in [6.07, 6.45) is -0.502. The standard InChI is InChI=1S/C17H28N2O2/c1-12(2)19-16(20)13(3)21-15-9-7-8-14(10-15)11-18-17(4,5)6/h7-10,12-13,18H,11H2,1-6H3,(H,19,20). The molecular formula is C17H28N2O2. The lowest BCUT2D eigenvalue weighted by molar-refractivity contribution is -0.127. The van der Waals surface area contributed by atoms with Crippen LogP contribution in [0, 0.1) is 0 Å². The maximum Gasteiger partial charge on any atom is 0.260 e. The van der Waals surface area contributed by atoms with E-state index in [2.05, 4.69) is 31.4 Å². The van der Waals surface area contributed by atoms with Crippen LogP contribution < -0.4 is 15.4 Å². The van der Waals surface area contributed by atoms with Crippen molar-refractivity contribution in [3.05, 3.63) is 29.8 Å². The van der Waals surface area contributed by atoms with Crippen LogP contribution >= 0.6 is 0 Å². The quantitative estimate of drug-likeness (QED) is 0.847. The van der Waals surface area contributed by atoms with Crippen molar-refractivity contribution >= 4 is 5.91 Å². The van der Waals surface area contributed by atoms with Crippen LogP contribution in [0.1, 0.15) is 47.1 Å². The third kappa shape index (κ3) is 7.14. The molecule has 1 aromatic rings. The van der Waals surface area contributed by atoms with Gasteiger partial charge < -0.3 is 15.4 Å². The summed E-state index contributed by atoms with van der Waals surface area (Å²) in [7, 11) is 0. The third-order valence-corrected chi connectivity index (χ3v) is 2.83. The molecule has 4 nitrogen and oxygen atoms in total. The molecule has 2 N–H and O–H groups in total. The lowest BCUT2D eigenvalue weighted by atomic mass is 10.1. The Morgan fingerprint density at radius 3 is 2.48 bits per heavy atom. The average molecular weight is 292 g/mol. The van der Waals surface area contributed by atoms with Crippen molar-refractivity contribution in [2.75, 3.05) is 0 Å². The summed E-state index contributed by atoms with van der Waals surface area (Å²) in [4.78, 5) is 11.9. The first-order chi connectivity index (χ1) is 9.67. The Hall–Kier alpha value is -1.55. The van der Waals surface area contributed by atoms with Crippen LogP contribution in [0.25, 0.3) is 0 Å². The van der Waals surface area contributed by atoms with Crippen molar-refractivity contribution in [1.82, 2.24) is 10.6 Å². The molecule has 1 amide bonds. The van der Waals surface area contributed by atoms with Crippen LogP contribution in [-0.4, -0.2) is 23.6 Å². The predicted molar refractivity (Wildman–Crippen MR) is 86.4 cm³/mol. The van der Waals surface area contributed by atoms with Gasteiger partial charge in [-0.25, -0.2) is 0 Å². The van der Waals surface area contributed by atoms with E-state index in [1.807, 2.05) is 38.1 Å². The SMILES string of the molecule is CC(C)NC(=O)C(C)Oc1cccc(CNC(C)(C)C)c1. The molecule has 0 bridgehead atoms. The molecule has 0 aromatic heterocycles. The highest BCUT2D eigenvalue weighted by atomic mass is 16.5. The molecule has 0 aliphatic rings. The van der Waals surface area contributed by atoms with Gasteiger partial charge in [-0.15, -0.1) is 0 Å². The van der Waals surface area contributed by atoms with Gasteiger partial charge in [0.25, 0.3) is 5.91 Å². The first-order valence-electron chi connectivity index (χ1n) is 7.48. The minimum atomic E-state index is -0.502. The zero-order valence-electron chi connectivity index (χ0n) is 14.0. The molecule has 0 spiro atoms. The maximum absolute atomic E-state index is 11.9. The van der Waals surface area contributed by atoms with E-state index < -0.39 is 6.10 Å². The van der Waals surface area contributed by atoms with Crippen molar-refractivity contribution in [2.24, 2.45) is 0 Å². The molecule has 1 aromatic carbocycles. The Bertz CT molecular complexity index is 464. The Balaban J connectivity index is 2.62. The Kier molecular flexibility index (Phi) is 6.21. The number of ether oxygens (including phenoxy) is 1. The van der Waals surface area contributed by atoms with Gasteiger partial charge in [0.05, 0.1) is 0 Å². The zero-order valence-corrected chi connectivity index (χ0v) is 14.0. The van der Waals surface area contributed by atoms with Gasteiger partial charge in [0.15, 0.2) is 6.10 Å². The second-order valence-electron chi connectivity index (χ2n) is 6.67. The van der Waals surface area contributed by atoms with Gasteiger partial charge in [0.2, 0.25) is 0 Å². The molecule has 1 rings (SSSR count). The lowest BCUT2D eigenvalue weighted by Crippen LogP contribution is -2.40. The van der Waals surface area contributed by atoms with Crippen molar-refractivity contribution in [3.63, 3.8) is 0 Å². The van der Waals surface area contributed by atoms with Crippen LogP contribution in [0.15, 0.2) is 24.3 Å². The molecule has 0 saturated carbocycles. The van der Waals surface area contributed by atoms with Crippen LogP contribution in [0.3, 0.4) is 0 Å². The smallest absolute Gasteiger partial charge is 0.260 e. The van der Waals surface area contributed by atoms with Gasteiger partial charge in [0.1, 0.15) is 5.75 Å². The first kappa shape index (κ1) is 17.5. The first-order valence-corrected chi connectivity index (χ1v) is 7.48. The summed E-state index contributed by atoms with van der Waals surface area (Å²) in [6, 6.07) is 7.95. The van der Waals surface area contributed by atoms with Crippen LogP contribution in [0.4, 0.5) is 0 Å². The van der Waals surface area contributed by atoms with E-state index in [1.165, 1.54) is 0 Å². The highest BCUT2D eigenvalue weighted by Gasteiger charge is 2.15. The summed E-state index contributed by atoms with van der Waals surface area (Å²) in [5.74, 6) is 0.623. The zero-order chi connectivity index (χ0) is 16.0. The van der Waals surface area contributed by atoms with Crippen molar-refractivity contribution in [1.29, 1.82) is 0 Å². The van der Waals surface area contributed by atoms with E-state index in [4.69, 9.17) is 4.74 Å². The molecule has 4 heteroatoms. The van der Waals surface area contributed by atoms with E-state index >= 15 is 0 Å². The number of carbonyl (C=O) groups is 1. The molecule has 0 aliphatic heterocycles. The van der Waals surface area contributed by atoms with Crippen LogP contribution in [0.5, 0.6) is 5.75 Å². The molecule has 1 unspecified atom stereocenters. The van der Waals surface area contributed by atoms with E-state index in [1.54, 1.807) is 6.92 Å². The summed E-state index contributed by atoms with van der Waals surface area (Å²) in [5, 5.41) is 6.28. The van der Waals surface area contributed by atoms with Gasteiger partial charge in [-0.05, 0) is 59.2 Å². The second-order valence-corrected chi connectivity index (χ2v) is 6.67. The summed E-state index contributed by atoms with van der Waals surface area (Å²) in [5.41, 5.74) is 1.21. The average Bonchev–Trinajstić information content (AvgIpc) is 2.35. The number of nitrogens with one attached hydrogen (secondary N) is 2. The summed E-state index contributed by atoms with van der Waals surface area (Å²) in [6.45, 7) is 12.8. The molecule has 21 heavy (non-hydrogen) atoms. The number of hydrogen-bond donors (Lipinski definition) is 2. The predicted octanol–water partition coefficient (Wildman–Crippen LogP) is 2.87. The number of hydrogen-bond acceptors (Lipinski definition) is 3. The van der Waals surface area contributed by atoms with Crippen LogP contribution in [0.2, 0.25) is 0 Å². The third-order valence-electron chi connectivity index (χ3n) is 2.83. The van der Waals surface area contributed by atoms with E-state index in [0.29, 0.717) is 0 Å². The molecular weight excluding hydrogens is 264 g/mol. The maximum atomic E-state index is 11.9. The topological polar surface area (TPSA) is 50.4 Å². The number of rotatable bonds is 6. The fourth-order valence-corrected chi connectivity index (χ4v) is 1.76. The summed E-state index contributed by atoms with van der Waals surface area (Å²) >= 11 is 0. The molecule has 0 fully saturated rings. The van der Waals surface area contributed by atoms with Gasteiger partial charge in [-0.3, -0.25) is 4.79 Å². The number of amides is 1. The van der Waals surface area contributed by atoms with Gasteiger partial charge in [0, 0.05) is 18.1 Å². The van der Waals surface area contributed by atoms with Crippen molar-refractivity contribution in [3.8, 4) is 5.75 Å². The lowest BCUT2D eigenvalue weighted by Gasteiger charge is -2.21. The normalized spacial score (nSPS) is 13.1. The fourth-order valence-electron chi connectivity index (χ4n) is 1.76. The van der Waals surface area contributed by atoms with Gasteiger partial charge >= 0.3 is 0 Å². The molecule has 1 atom stereocenters. The summed E-state index contributed by atoms with van der Waals surface area (Å²) < 4.78 is 5.71. The Morgan fingerprint density at radius 2 is 1.90 bits per heavy atom. The number of benzene rings is 1. The van der Waals surface area contributed by atoms with E-state index in [9.17, 15) is 4.79 Å². The largest absolute Gasteiger partial charge is 0.481 e. The van der Waals surface area contributed by atoms with Crippen molar-refractivity contribution in [2.45, 2.75) is 65.8 Å². The van der Waals surface area contributed by atoms with E-state index in [0.717, 1.165) is 17.9 Å². The Labute approximate surface area is 128 Å². The van der Waals surface area contributed by atoms with Gasteiger partial charge in [-0.1, -0.05) is 12.1 Å². The molecule has 0 saturated heterocycles. The monoisotopic (exact) mass is 292 g/mol. The molecule has 0 radical (unpaired) electrons. The van der Waals surface area contributed by atoms with Crippen LogP contribution in [-0.2, 0) is 11.3 Å². The number of carbonyl (C=O) groups excluding carboxylic acids is 1. The van der Waals surface area contributed by atoms with Gasteiger partial charge in [-0.2, -0.15) is 0 Å². The Morgan fingerprint density at radius 1 is 1.24 bits per heavy atom. The minimum absolute atomic E-state index is 0.0707.